The van der Waals surface area contributed by atoms with Crippen molar-refractivity contribution in [2.24, 2.45) is 5.92 Å². The van der Waals surface area contributed by atoms with E-state index in [1.165, 1.54) is 24.3 Å². The molecule has 1 aromatic rings. The van der Waals surface area contributed by atoms with Crippen molar-refractivity contribution in [1.82, 2.24) is 4.90 Å². The maximum atomic E-state index is 13.1. The number of carbonyl (C=O) groups excluding carboxylic acids is 2. The molecule has 2 saturated carbocycles. The van der Waals surface area contributed by atoms with Gasteiger partial charge < -0.3 is 9.64 Å². The van der Waals surface area contributed by atoms with Crippen LogP contribution in [-0.2, 0) is 9.53 Å². The van der Waals surface area contributed by atoms with Gasteiger partial charge in [-0.1, -0.05) is 12.1 Å². The minimum Gasteiger partial charge on any atom is -0.466 e. The van der Waals surface area contributed by atoms with Gasteiger partial charge in [0.2, 0.25) is 0 Å². The Morgan fingerprint density at radius 2 is 1.55 bits per heavy atom. The first kappa shape index (κ1) is 21.7. The van der Waals surface area contributed by atoms with E-state index in [0.717, 1.165) is 32.6 Å². The summed E-state index contributed by atoms with van der Waals surface area (Å²) in [4.78, 5) is 27.0. The Bertz CT molecular complexity index is 720. The van der Waals surface area contributed by atoms with Gasteiger partial charge in [-0.15, -0.1) is 0 Å². The molecule has 0 N–H and O–H groups in total. The molecule has 0 saturated heterocycles. The quantitative estimate of drug-likeness (QED) is 0.614. The minimum atomic E-state index is -4.30. The standard InChI is InChI=1S/C22H28F3NO3/c1-3-29-21(28)17-8-10-18(11-9-17)26(19-12-13-19)20(27)16-6-4-15(5-7-16)14(2)22(23,24)25/h4-7,14,17-19H,3,8-13H2,1-2H3. The molecule has 1 atom stereocenters. The second-order valence-corrected chi connectivity index (χ2v) is 8.09. The first-order valence-corrected chi connectivity index (χ1v) is 10.4. The summed E-state index contributed by atoms with van der Waals surface area (Å²) >= 11 is 0. The highest BCUT2D eigenvalue weighted by molar-refractivity contribution is 5.95. The van der Waals surface area contributed by atoms with Crippen LogP contribution in [0, 0.1) is 5.92 Å². The van der Waals surface area contributed by atoms with Crippen molar-refractivity contribution in [2.45, 2.75) is 76.6 Å². The summed E-state index contributed by atoms with van der Waals surface area (Å²) in [5.41, 5.74) is 0.574. The topological polar surface area (TPSA) is 46.6 Å². The van der Waals surface area contributed by atoms with Crippen LogP contribution in [0.3, 0.4) is 0 Å². The molecule has 3 rings (SSSR count). The zero-order valence-corrected chi connectivity index (χ0v) is 16.9. The third kappa shape index (κ3) is 5.11. The molecule has 160 valence electrons. The highest BCUT2D eigenvalue weighted by Crippen LogP contribution is 2.37. The number of benzene rings is 1. The van der Waals surface area contributed by atoms with Crippen molar-refractivity contribution in [3.63, 3.8) is 0 Å². The highest BCUT2D eigenvalue weighted by atomic mass is 19.4. The molecule has 2 aliphatic carbocycles. The highest BCUT2D eigenvalue weighted by Gasteiger charge is 2.41. The van der Waals surface area contributed by atoms with Crippen LogP contribution in [0.25, 0.3) is 0 Å². The molecule has 0 heterocycles. The van der Waals surface area contributed by atoms with Gasteiger partial charge in [0, 0.05) is 17.6 Å². The van der Waals surface area contributed by atoms with Crippen molar-refractivity contribution < 1.29 is 27.5 Å². The summed E-state index contributed by atoms with van der Waals surface area (Å²) in [6, 6.07) is 6.05. The van der Waals surface area contributed by atoms with Crippen molar-refractivity contribution >= 4 is 11.9 Å². The SMILES string of the molecule is CCOC(=O)C1CCC(N(C(=O)c2ccc(C(C)C(F)(F)F)cc2)C2CC2)CC1. The van der Waals surface area contributed by atoms with E-state index in [0.29, 0.717) is 25.0 Å². The number of hydrogen-bond donors (Lipinski definition) is 0. The lowest BCUT2D eigenvalue weighted by molar-refractivity contribution is -0.149. The number of rotatable bonds is 6. The maximum Gasteiger partial charge on any atom is 0.395 e. The molecule has 2 fully saturated rings. The molecule has 0 aliphatic heterocycles. The van der Waals surface area contributed by atoms with Crippen molar-refractivity contribution in [3.8, 4) is 0 Å². The van der Waals surface area contributed by atoms with Gasteiger partial charge in [0.1, 0.15) is 0 Å². The van der Waals surface area contributed by atoms with Gasteiger partial charge in [0.05, 0.1) is 18.4 Å². The Balaban J connectivity index is 1.67. The number of ether oxygens (including phenoxy) is 1. The fourth-order valence-electron chi connectivity index (χ4n) is 4.08. The molecule has 7 heteroatoms. The van der Waals surface area contributed by atoms with Crippen LogP contribution in [-0.4, -0.2) is 41.6 Å². The zero-order valence-electron chi connectivity index (χ0n) is 16.9. The zero-order chi connectivity index (χ0) is 21.2. The van der Waals surface area contributed by atoms with E-state index in [2.05, 4.69) is 0 Å². The molecule has 0 spiro atoms. The number of halogens is 3. The molecule has 1 unspecified atom stereocenters. The van der Waals surface area contributed by atoms with Crippen LogP contribution in [0.2, 0.25) is 0 Å². The van der Waals surface area contributed by atoms with Crippen molar-refractivity contribution in [1.29, 1.82) is 0 Å². The number of hydrogen-bond acceptors (Lipinski definition) is 3. The van der Waals surface area contributed by atoms with E-state index in [1.807, 2.05) is 4.90 Å². The number of esters is 1. The van der Waals surface area contributed by atoms with E-state index in [4.69, 9.17) is 4.74 Å². The number of amides is 1. The lowest BCUT2D eigenvalue weighted by Crippen LogP contribution is -2.44. The molecule has 1 amide bonds. The third-order valence-electron chi connectivity index (χ3n) is 6.03. The van der Waals surface area contributed by atoms with Crippen LogP contribution in [0.1, 0.15) is 74.2 Å². The van der Waals surface area contributed by atoms with E-state index in [9.17, 15) is 22.8 Å². The van der Waals surface area contributed by atoms with Crippen LogP contribution in [0.15, 0.2) is 24.3 Å². The summed E-state index contributed by atoms with van der Waals surface area (Å²) in [5, 5.41) is 0. The maximum absolute atomic E-state index is 13.1. The summed E-state index contributed by atoms with van der Waals surface area (Å²) in [6.07, 6.45) is 0.483. The molecule has 2 aliphatic rings. The summed E-state index contributed by atoms with van der Waals surface area (Å²) < 4.78 is 43.8. The predicted octanol–water partition coefficient (Wildman–Crippen LogP) is 5.08. The summed E-state index contributed by atoms with van der Waals surface area (Å²) in [6.45, 7) is 3.28. The normalized spacial score (nSPS) is 23.3. The number of nitrogens with zero attached hydrogens (tertiary/aromatic N) is 1. The lowest BCUT2D eigenvalue weighted by atomic mass is 9.85. The molecule has 1 aromatic carbocycles. The molecule has 0 radical (unpaired) electrons. The number of carbonyl (C=O) groups is 2. The molecular formula is C22H28F3NO3. The van der Waals surface area contributed by atoms with E-state index in [-0.39, 0.29) is 35.4 Å². The van der Waals surface area contributed by atoms with Gasteiger partial charge >= 0.3 is 12.1 Å². The van der Waals surface area contributed by atoms with E-state index in [1.54, 1.807) is 6.92 Å². The Morgan fingerprint density at radius 1 is 1.03 bits per heavy atom. The van der Waals surface area contributed by atoms with Gasteiger partial charge in [-0.25, -0.2) is 0 Å². The van der Waals surface area contributed by atoms with Gasteiger partial charge in [0.25, 0.3) is 5.91 Å². The van der Waals surface area contributed by atoms with E-state index >= 15 is 0 Å². The van der Waals surface area contributed by atoms with Crippen LogP contribution in [0.5, 0.6) is 0 Å². The first-order valence-electron chi connectivity index (χ1n) is 10.4. The van der Waals surface area contributed by atoms with Gasteiger partial charge in [-0.2, -0.15) is 13.2 Å². The monoisotopic (exact) mass is 411 g/mol. The van der Waals surface area contributed by atoms with Gasteiger partial charge in [-0.3, -0.25) is 9.59 Å². The van der Waals surface area contributed by atoms with Crippen molar-refractivity contribution in [3.05, 3.63) is 35.4 Å². The van der Waals surface area contributed by atoms with Crippen LogP contribution in [0.4, 0.5) is 13.2 Å². The van der Waals surface area contributed by atoms with Gasteiger partial charge in [-0.05, 0) is 70.1 Å². The predicted molar refractivity (Wildman–Crippen MR) is 102 cm³/mol. The fraction of sp³-hybridized carbons (Fsp3) is 0.636. The molecular weight excluding hydrogens is 383 g/mol. The molecule has 0 bridgehead atoms. The van der Waals surface area contributed by atoms with Gasteiger partial charge in [0.15, 0.2) is 0 Å². The minimum absolute atomic E-state index is 0.0643. The first-order chi connectivity index (χ1) is 13.7. The average molecular weight is 411 g/mol. The largest absolute Gasteiger partial charge is 0.466 e. The Labute approximate surface area is 169 Å². The average Bonchev–Trinajstić information content (AvgIpc) is 3.52. The Kier molecular flexibility index (Phi) is 6.54. The second kappa shape index (κ2) is 8.76. The van der Waals surface area contributed by atoms with Crippen LogP contribution >= 0.6 is 0 Å². The smallest absolute Gasteiger partial charge is 0.395 e. The van der Waals surface area contributed by atoms with E-state index < -0.39 is 12.1 Å². The molecule has 4 nitrogen and oxygen atoms in total. The molecule has 29 heavy (non-hydrogen) atoms. The third-order valence-corrected chi connectivity index (χ3v) is 6.03. The summed E-state index contributed by atoms with van der Waals surface area (Å²) in [5.74, 6) is -1.96. The van der Waals surface area contributed by atoms with Crippen molar-refractivity contribution in [2.75, 3.05) is 6.61 Å². The summed E-state index contributed by atoms with van der Waals surface area (Å²) in [7, 11) is 0. The fourth-order valence-corrected chi connectivity index (χ4v) is 4.08. The Morgan fingerprint density at radius 3 is 2.00 bits per heavy atom. The molecule has 0 aromatic heterocycles. The second-order valence-electron chi connectivity index (χ2n) is 8.09. The lowest BCUT2D eigenvalue weighted by Gasteiger charge is -2.36. The Hall–Kier alpha value is -2.05. The number of alkyl halides is 3. The van der Waals surface area contributed by atoms with Crippen LogP contribution < -0.4 is 0 Å².